The first kappa shape index (κ1) is 10.8. The number of hydrogen-bond donors (Lipinski definition) is 0. The van der Waals surface area contributed by atoms with Gasteiger partial charge in [0.15, 0.2) is 23.8 Å². The van der Waals surface area contributed by atoms with E-state index in [1.807, 2.05) is 0 Å². The average Bonchev–Trinajstić information content (AvgIpc) is 2.29. The second kappa shape index (κ2) is 3.86. The van der Waals surface area contributed by atoms with Crippen LogP contribution in [0.1, 0.15) is 0 Å². The Labute approximate surface area is 82.2 Å². The maximum atomic E-state index is 10.7. The summed E-state index contributed by atoms with van der Waals surface area (Å²) in [7, 11) is 2.84. The third-order valence-corrected chi connectivity index (χ3v) is 2.28. The Balaban J connectivity index is 2.97. The van der Waals surface area contributed by atoms with Crippen LogP contribution < -0.4 is 0 Å². The molecule has 0 aromatic heterocycles. The van der Waals surface area contributed by atoms with Crippen LogP contribution in [0.4, 0.5) is 0 Å². The third kappa shape index (κ3) is 1.66. The summed E-state index contributed by atoms with van der Waals surface area (Å²) in [5.74, 6) is 0. The van der Waals surface area contributed by atoms with Gasteiger partial charge in [-0.1, -0.05) is 0 Å². The quantitative estimate of drug-likeness (QED) is 0.478. The van der Waals surface area contributed by atoms with E-state index in [0.717, 1.165) is 0 Å². The predicted molar refractivity (Wildman–Crippen MR) is 49.9 cm³/mol. The van der Waals surface area contributed by atoms with Crippen LogP contribution in [0.2, 0.25) is 0 Å². The maximum absolute atomic E-state index is 10.7. The second-order valence-corrected chi connectivity index (χ2v) is 3.02. The van der Waals surface area contributed by atoms with Crippen LogP contribution in [0.3, 0.4) is 0 Å². The molecule has 0 aromatic carbocycles. The van der Waals surface area contributed by atoms with Gasteiger partial charge in [0.05, 0.1) is 0 Å². The van der Waals surface area contributed by atoms with Crippen molar-refractivity contribution in [3.63, 3.8) is 0 Å². The average molecular weight is 196 g/mol. The molecule has 0 saturated heterocycles. The molecule has 0 unspecified atom stereocenters. The second-order valence-electron chi connectivity index (χ2n) is 3.02. The predicted octanol–water partition coefficient (Wildman–Crippen LogP) is 0.281. The highest BCUT2D eigenvalue weighted by Gasteiger charge is 2.33. The lowest BCUT2D eigenvalue weighted by Crippen LogP contribution is -2.38. The minimum Gasteiger partial charge on any atom is -0.363 e. The topological polar surface area (TPSA) is 52.6 Å². The molecule has 0 N–H and O–H groups in total. The van der Waals surface area contributed by atoms with Crippen molar-refractivity contribution in [1.29, 1.82) is 0 Å². The largest absolute Gasteiger partial charge is 0.363 e. The summed E-state index contributed by atoms with van der Waals surface area (Å²) in [6.07, 6.45) is 7.31. The molecule has 4 heteroatoms. The highest BCUT2D eigenvalue weighted by molar-refractivity contribution is 5.77. The first-order chi connectivity index (χ1) is 6.66. The van der Waals surface area contributed by atoms with E-state index in [4.69, 9.17) is 9.47 Å². The van der Waals surface area contributed by atoms with Crippen molar-refractivity contribution >= 4 is 12.6 Å². The standard InChI is InChI=1S/C10H12O4/c1-13-9(7-11)3-5-10(8-12,14-2)6-4-9/h3-8H,1-2H3. The van der Waals surface area contributed by atoms with Crippen molar-refractivity contribution in [3.8, 4) is 0 Å². The zero-order valence-electron chi connectivity index (χ0n) is 8.10. The molecule has 0 aliphatic heterocycles. The summed E-state index contributed by atoms with van der Waals surface area (Å²) in [5.41, 5.74) is -2.13. The summed E-state index contributed by atoms with van der Waals surface area (Å²) in [6, 6.07) is 0. The van der Waals surface area contributed by atoms with Crippen LogP contribution >= 0.6 is 0 Å². The first-order valence-corrected chi connectivity index (χ1v) is 4.09. The zero-order chi connectivity index (χ0) is 10.7. The SMILES string of the molecule is COC1(C=O)C=CC(C=O)(OC)C=C1. The molecule has 1 rings (SSSR count). The number of carbonyl (C=O) groups is 2. The Morgan fingerprint density at radius 3 is 1.29 bits per heavy atom. The lowest BCUT2D eigenvalue weighted by molar-refractivity contribution is -0.122. The molecule has 0 fully saturated rings. The van der Waals surface area contributed by atoms with Crippen molar-refractivity contribution in [2.75, 3.05) is 14.2 Å². The summed E-state index contributed by atoms with van der Waals surface area (Å²) in [5, 5.41) is 0. The van der Waals surface area contributed by atoms with E-state index in [1.165, 1.54) is 38.5 Å². The monoisotopic (exact) mass is 196 g/mol. The molecule has 14 heavy (non-hydrogen) atoms. The summed E-state index contributed by atoms with van der Waals surface area (Å²) < 4.78 is 9.99. The van der Waals surface area contributed by atoms with Crippen LogP contribution in [0.25, 0.3) is 0 Å². The van der Waals surface area contributed by atoms with E-state index < -0.39 is 11.2 Å². The summed E-state index contributed by atoms with van der Waals surface area (Å²) >= 11 is 0. The highest BCUT2D eigenvalue weighted by Crippen LogP contribution is 2.23. The molecule has 1 aliphatic carbocycles. The molecule has 0 spiro atoms. The van der Waals surface area contributed by atoms with Gasteiger partial charge in [0.2, 0.25) is 0 Å². The van der Waals surface area contributed by atoms with Crippen LogP contribution in [-0.2, 0) is 19.1 Å². The van der Waals surface area contributed by atoms with Crippen LogP contribution in [0, 0.1) is 0 Å². The molecule has 76 valence electrons. The van der Waals surface area contributed by atoms with Gasteiger partial charge in [-0.05, 0) is 24.3 Å². The Morgan fingerprint density at radius 1 is 0.857 bits per heavy atom. The molecule has 0 amide bonds. The van der Waals surface area contributed by atoms with Crippen molar-refractivity contribution in [2.45, 2.75) is 11.2 Å². The molecule has 1 aliphatic rings. The van der Waals surface area contributed by atoms with E-state index >= 15 is 0 Å². The highest BCUT2D eigenvalue weighted by atomic mass is 16.5. The van der Waals surface area contributed by atoms with E-state index in [2.05, 4.69) is 0 Å². The van der Waals surface area contributed by atoms with E-state index in [1.54, 1.807) is 0 Å². The van der Waals surface area contributed by atoms with Crippen LogP contribution in [0.5, 0.6) is 0 Å². The molecule has 0 heterocycles. The Morgan fingerprint density at radius 2 is 1.14 bits per heavy atom. The summed E-state index contributed by atoms with van der Waals surface area (Å²) in [6.45, 7) is 0. The van der Waals surface area contributed by atoms with Gasteiger partial charge >= 0.3 is 0 Å². The number of ether oxygens (including phenoxy) is 2. The van der Waals surface area contributed by atoms with E-state index in [9.17, 15) is 9.59 Å². The molecule has 0 radical (unpaired) electrons. The molecular formula is C10H12O4. The minimum absolute atomic E-state index is 0.657. The van der Waals surface area contributed by atoms with Gasteiger partial charge in [0, 0.05) is 14.2 Å². The van der Waals surface area contributed by atoms with Gasteiger partial charge in [-0.25, -0.2) is 0 Å². The van der Waals surface area contributed by atoms with Crippen LogP contribution in [0.15, 0.2) is 24.3 Å². The van der Waals surface area contributed by atoms with Crippen molar-refractivity contribution in [1.82, 2.24) is 0 Å². The Hall–Kier alpha value is -1.26. The molecular weight excluding hydrogens is 184 g/mol. The van der Waals surface area contributed by atoms with E-state index in [-0.39, 0.29) is 0 Å². The number of carbonyl (C=O) groups excluding carboxylic acids is 2. The third-order valence-electron chi connectivity index (χ3n) is 2.28. The maximum Gasteiger partial charge on any atom is 0.159 e. The molecule has 0 atom stereocenters. The van der Waals surface area contributed by atoms with Crippen molar-refractivity contribution < 1.29 is 19.1 Å². The first-order valence-electron chi connectivity index (χ1n) is 4.09. The van der Waals surface area contributed by atoms with Gasteiger partial charge in [-0.3, -0.25) is 9.59 Å². The lowest BCUT2D eigenvalue weighted by Gasteiger charge is -2.28. The van der Waals surface area contributed by atoms with Crippen molar-refractivity contribution in [2.24, 2.45) is 0 Å². The Kier molecular flexibility index (Phi) is 2.98. The number of hydrogen-bond acceptors (Lipinski definition) is 4. The number of aldehydes is 2. The van der Waals surface area contributed by atoms with Crippen LogP contribution in [-0.4, -0.2) is 38.0 Å². The lowest BCUT2D eigenvalue weighted by atomic mass is 9.91. The zero-order valence-corrected chi connectivity index (χ0v) is 8.10. The summed E-state index contributed by atoms with van der Waals surface area (Å²) in [4.78, 5) is 21.5. The van der Waals surface area contributed by atoms with Gasteiger partial charge in [-0.15, -0.1) is 0 Å². The van der Waals surface area contributed by atoms with Gasteiger partial charge in [0.25, 0.3) is 0 Å². The number of methoxy groups -OCH3 is 2. The normalized spacial score (nSPS) is 35.6. The smallest absolute Gasteiger partial charge is 0.159 e. The fourth-order valence-electron chi connectivity index (χ4n) is 1.16. The number of rotatable bonds is 4. The van der Waals surface area contributed by atoms with Crippen molar-refractivity contribution in [3.05, 3.63) is 24.3 Å². The minimum atomic E-state index is -1.06. The molecule has 0 aromatic rings. The Bertz CT molecular complexity index is 248. The van der Waals surface area contributed by atoms with E-state index in [0.29, 0.717) is 12.6 Å². The fraction of sp³-hybridized carbons (Fsp3) is 0.400. The van der Waals surface area contributed by atoms with Gasteiger partial charge < -0.3 is 9.47 Å². The molecule has 4 nitrogen and oxygen atoms in total. The van der Waals surface area contributed by atoms with Gasteiger partial charge in [-0.2, -0.15) is 0 Å². The molecule has 0 saturated carbocycles. The van der Waals surface area contributed by atoms with Gasteiger partial charge in [0.1, 0.15) is 0 Å². The molecule has 0 bridgehead atoms. The fourth-order valence-corrected chi connectivity index (χ4v) is 1.16.